The zero-order valence-electron chi connectivity index (χ0n) is 15.2. The van der Waals surface area contributed by atoms with Crippen molar-refractivity contribution >= 4 is 23.4 Å². The summed E-state index contributed by atoms with van der Waals surface area (Å²) in [5.41, 5.74) is 2.66. The lowest BCUT2D eigenvalue weighted by Crippen LogP contribution is -2.16. The minimum absolute atomic E-state index is 0.174. The van der Waals surface area contributed by atoms with Gasteiger partial charge in [0.15, 0.2) is 11.0 Å². The van der Waals surface area contributed by atoms with Crippen LogP contribution in [0.2, 0.25) is 5.02 Å². The van der Waals surface area contributed by atoms with Gasteiger partial charge in [0.2, 0.25) is 0 Å². The second-order valence-corrected chi connectivity index (χ2v) is 8.00. The average molecular weight is 411 g/mol. The molecule has 0 saturated carbocycles. The predicted molar refractivity (Wildman–Crippen MR) is 110 cm³/mol. The quantitative estimate of drug-likeness (QED) is 0.538. The molecule has 1 aromatic heterocycles. The van der Waals surface area contributed by atoms with E-state index in [-0.39, 0.29) is 6.10 Å². The van der Waals surface area contributed by atoms with Gasteiger partial charge in [-0.15, -0.1) is 10.2 Å². The van der Waals surface area contributed by atoms with Gasteiger partial charge in [-0.3, -0.25) is 4.57 Å². The summed E-state index contributed by atoms with van der Waals surface area (Å²) in [6, 6.07) is 17.5. The van der Waals surface area contributed by atoms with Crippen molar-refractivity contribution < 1.29 is 4.74 Å². The largest absolute Gasteiger partial charge is 0.376 e. The van der Waals surface area contributed by atoms with Crippen LogP contribution in [0.3, 0.4) is 0 Å². The van der Waals surface area contributed by atoms with Crippen LogP contribution in [0.5, 0.6) is 0 Å². The first kappa shape index (κ1) is 19.0. The van der Waals surface area contributed by atoms with Crippen LogP contribution in [0.4, 0.5) is 0 Å². The number of ether oxygens (including phenoxy) is 1. The molecule has 0 N–H and O–H groups in total. The third-order valence-electron chi connectivity index (χ3n) is 4.72. The molecule has 0 radical (unpaired) electrons. The maximum Gasteiger partial charge on any atom is 0.191 e. The van der Waals surface area contributed by atoms with Gasteiger partial charge in [-0.25, -0.2) is 0 Å². The van der Waals surface area contributed by atoms with E-state index in [1.54, 1.807) is 11.8 Å². The van der Waals surface area contributed by atoms with E-state index in [0.717, 1.165) is 41.6 Å². The van der Waals surface area contributed by atoms with E-state index in [2.05, 4.69) is 20.8 Å². The molecule has 0 amide bonds. The molecule has 4 rings (SSSR count). The highest BCUT2D eigenvalue weighted by Crippen LogP contribution is 2.29. The Morgan fingerprint density at radius 2 is 2.00 bits per heavy atom. The second-order valence-electron chi connectivity index (χ2n) is 6.62. The van der Waals surface area contributed by atoms with E-state index < -0.39 is 0 Å². The van der Waals surface area contributed by atoms with Gasteiger partial charge in [0.05, 0.1) is 24.3 Å². The Morgan fingerprint density at radius 1 is 1.18 bits per heavy atom. The fourth-order valence-corrected chi connectivity index (χ4v) is 4.34. The van der Waals surface area contributed by atoms with E-state index in [1.807, 2.05) is 48.5 Å². The molecule has 1 saturated heterocycles. The number of thioether (sulfide) groups is 1. The van der Waals surface area contributed by atoms with Crippen molar-refractivity contribution in [2.75, 3.05) is 6.61 Å². The lowest BCUT2D eigenvalue weighted by molar-refractivity contribution is 0.0953. The molecule has 0 spiro atoms. The van der Waals surface area contributed by atoms with Crippen molar-refractivity contribution in [2.24, 2.45) is 0 Å². The Labute approximate surface area is 173 Å². The summed E-state index contributed by atoms with van der Waals surface area (Å²) in [5.74, 6) is 1.47. The van der Waals surface area contributed by atoms with Gasteiger partial charge in [0, 0.05) is 22.9 Å². The molecule has 0 bridgehead atoms. The fourth-order valence-electron chi connectivity index (χ4n) is 3.26. The van der Waals surface area contributed by atoms with Crippen molar-refractivity contribution in [3.8, 4) is 17.5 Å². The highest BCUT2D eigenvalue weighted by molar-refractivity contribution is 7.98. The Morgan fingerprint density at radius 3 is 2.75 bits per heavy atom. The van der Waals surface area contributed by atoms with Crippen LogP contribution < -0.4 is 0 Å². The number of benzene rings is 2. The molecule has 1 aliphatic heterocycles. The predicted octanol–water partition coefficient (Wildman–Crippen LogP) is 4.94. The zero-order valence-corrected chi connectivity index (χ0v) is 16.8. The van der Waals surface area contributed by atoms with E-state index in [4.69, 9.17) is 16.3 Å². The molecule has 0 aliphatic carbocycles. The third-order valence-corrected chi connectivity index (χ3v) is 5.99. The molecule has 1 atom stereocenters. The summed E-state index contributed by atoms with van der Waals surface area (Å²) < 4.78 is 7.96. The van der Waals surface area contributed by atoms with Crippen LogP contribution >= 0.6 is 23.4 Å². The number of aromatic nitrogens is 3. The normalized spacial score (nSPS) is 16.2. The van der Waals surface area contributed by atoms with Crippen LogP contribution in [0, 0.1) is 11.3 Å². The first-order valence-electron chi connectivity index (χ1n) is 9.16. The summed E-state index contributed by atoms with van der Waals surface area (Å²) in [4.78, 5) is 0. The minimum Gasteiger partial charge on any atom is -0.376 e. The summed E-state index contributed by atoms with van der Waals surface area (Å²) in [6.07, 6.45) is 2.30. The molecule has 2 aromatic carbocycles. The Kier molecular flexibility index (Phi) is 5.96. The fraction of sp³-hybridized carbons (Fsp3) is 0.286. The molecule has 28 heavy (non-hydrogen) atoms. The highest BCUT2D eigenvalue weighted by Gasteiger charge is 2.22. The summed E-state index contributed by atoms with van der Waals surface area (Å²) in [5, 5.41) is 19.7. The van der Waals surface area contributed by atoms with Gasteiger partial charge < -0.3 is 4.74 Å². The van der Waals surface area contributed by atoms with Gasteiger partial charge >= 0.3 is 0 Å². The maximum absolute atomic E-state index is 9.32. The molecular formula is C21H19ClN4OS. The molecule has 0 unspecified atom stereocenters. The highest BCUT2D eigenvalue weighted by atomic mass is 35.5. The molecule has 1 aliphatic rings. The van der Waals surface area contributed by atoms with E-state index in [1.165, 1.54) is 0 Å². The van der Waals surface area contributed by atoms with Crippen LogP contribution in [-0.4, -0.2) is 27.5 Å². The standard InChI is InChI=1S/C21H19ClN4OS/c22-18-9-7-15(8-10-18)20-24-25-21(26(20)13-19-6-3-11-27-19)28-14-17-5-2-1-4-16(17)12-23/h1-2,4-5,7-10,19H,3,6,11,13-14H2/t19-/m1/s1. The van der Waals surface area contributed by atoms with Crippen molar-refractivity contribution in [1.29, 1.82) is 5.26 Å². The Balaban J connectivity index is 1.62. The van der Waals surface area contributed by atoms with Crippen LogP contribution in [0.25, 0.3) is 11.4 Å². The third kappa shape index (κ3) is 4.22. The summed E-state index contributed by atoms with van der Waals surface area (Å²) in [6.45, 7) is 1.52. The number of nitrogens with zero attached hydrogens (tertiary/aromatic N) is 4. The van der Waals surface area contributed by atoms with E-state index >= 15 is 0 Å². The molecular weight excluding hydrogens is 392 g/mol. The number of hydrogen-bond acceptors (Lipinski definition) is 5. The number of rotatable bonds is 6. The van der Waals surface area contributed by atoms with Crippen LogP contribution in [0.15, 0.2) is 53.7 Å². The topological polar surface area (TPSA) is 63.7 Å². The Hall–Kier alpha value is -2.33. The van der Waals surface area contributed by atoms with Crippen LogP contribution in [-0.2, 0) is 17.0 Å². The van der Waals surface area contributed by atoms with E-state index in [0.29, 0.717) is 22.9 Å². The first-order chi connectivity index (χ1) is 13.7. The molecule has 2 heterocycles. The van der Waals surface area contributed by atoms with Crippen LogP contribution in [0.1, 0.15) is 24.0 Å². The SMILES string of the molecule is N#Cc1ccccc1CSc1nnc(-c2ccc(Cl)cc2)n1C[C@H]1CCCO1. The molecule has 5 nitrogen and oxygen atoms in total. The lowest BCUT2D eigenvalue weighted by atomic mass is 10.1. The molecule has 7 heteroatoms. The molecule has 1 fully saturated rings. The summed E-state index contributed by atoms with van der Waals surface area (Å²) in [7, 11) is 0. The van der Waals surface area contributed by atoms with E-state index in [9.17, 15) is 5.26 Å². The molecule has 3 aromatic rings. The Bertz CT molecular complexity index is 990. The average Bonchev–Trinajstić information content (AvgIpc) is 3.38. The number of nitriles is 1. The maximum atomic E-state index is 9.32. The van der Waals surface area contributed by atoms with Gasteiger partial charge in [0.25, 0.3) is 0 Å². The number of halogens is 1. The minimum atomic E-state index is 0.174. The zero-order chi connectivity index (χ0) is 19.3. The second kappa shape index (κ2) is 8.78. The molecule has 142 valence electrons. The van der Waals surface area contributed by atoms with Crippen molar-refractivity contribution in [1.82, 2.24) is 14.8 Å². The first-order valence-corrected chi connectivity index (χ1v) is 10.5. The monoisotopic (exact) mass is 410 g/mol. The van der Waals surface area contributed by atoms with Gasteiger partial charge in [-0.05, 0) is 48.7 Å². The lowest BCUT2D eigenvalue weighted by Gasteiger charge is -2.15. The van der Waals surface area contributed by atoms with Gasteiger partial charge in [-0.1, -0.05) is 41.6 Å². The van der Waals surface area contributed by atoms with Crippen molar-refractivity contribution in [2.45, 2.75) is 36.4 Å². The van der Waals surface area contributed by atoms with Gasteiger partial charge in [-0.2, -0.15) is 5.26 Å². The van der Waals surface area contributed by atoms with Gasteiger partial charge in [0.1, 0.15) is 0 Å². The smallest absolute Gasteiger partial charge is 0.191 e. The number of hydrogen-bond donors (Lipinski definition) is 0. The van der Waals surface area contributed by atoms with Crippen molar-refractivity contribution in [3.63, 3.8) is 0 Å². The summed E-state index contributed by atoms with van der Waals surface area (Å²) >= 11 is 7.62. The van der Waals surface area contributed by atoms with Crippen molar-refractivity contribution in [3.05, 3.63) is 64.7 Å².